The topological polar surface area (TPSA) is 58.6 Å². The van der Waals surface area contributed by atoms with Crippen LogP contribution in [-0.4, -0.2) is 36.6 Å². The molecule has 1 aliphatic heterocycles. The summed E-state index contributed by atoms with van der Waals surface area (Å²) in [7, 11) is 0. The average molecular weight is 280 g/mol. The number of nitrogens with zero attached hydrogens (tertiary/aromatic N) is 1. The van der Waals surface area contributed by atoms with E-state index >= 15 is 0 Å². The van der Waals surface area contributed by atoms with Gasteiger partial charge in [-0.15, -0.1) is 0 Å². The Balaban J connectivity index is 1.74. The predicted octanol–water partition coefficient (Wildman–Crippen LogP) is 2.28. The molecule has 2 amide bonds. The third kappa shape index (κ3) is 3.99. The van der Waals surface area contributed by atoms with Crippen LogP contribution in [0.4, 0.5) is 4.79 Å². The molecule has 0 bridgehead atoms. The van der Waals surface area contributed by atoms with Gasteiger partial charge in [0.05, 0.1) is 12.5 Å². The summed E-state index contributed by atoms with van der Waals surface area (Å²) in [4.78, 5) is 25.4. The Bertz CT molecular complexity index is 394. The summed E-state index contributed by atoms with van der Waals surface area (Å²) in [5.41, 5.74) is 1.25. The molecule has 0 unspecified atom stereocenters. The predicted molar refractivity (Wildman–Crippen MR) is 75.9 cm³/mol. The van der Waals surface area contributed by atoms with Gasteiger partial charge in [0.2, 0.25) is 0 Å². The van der Waals surface area contributed by atoms with Gasteiger partial charge in [0, 0.05) is 19.3 Å². The smallest absolute Gasteiger partial charge is 0.321 e. The first-order valence-electron chi connectivity index (χ1n) is 7.50. The van der Waals surface area contributed by atoms with Crippen molar-refractivity contribution in [1.82, 2.24) is 10.2 Å². The van der Waals surface area contributed by atoms with Crippen molar-refractivity contribution in [2.75, 3.05) is 19.7 Å². The van der Waals surface area contributed by atoms with Gasteiger partial charge in [-0.25, -0.2) is 4.79 Å². The zero-order chi connectivity index (χ0) is 14.5. The molecule has 0 aromatic rings. The summed E-state index contributed by atoms with van der Waals surface area (Å²) < 4.78 is 5.02. The first-order valence-corrected chi connectivity index (χ1v) is 7.50. The Kier molecular flexibility index (Phi) is 5.04. The molecule has 112 valence electrons. The Morgan fingerprint density at radius 1 is 1.20 bits per heavy atom. The van der Waals surface area contributed by atoms with Crippen molar-refractivity contribution in [1.29, 1.82) is 0 Å². The Labute approximate surface area is 120 Å². The quantitative estimate of drug-likeness (QED) is 0.804. The fourth-order valence-electron chi connectivity index (χ4n) is 2.50. The Morgan fingerprint density at radius 3 is 2.40 bits per heavy atom. The van der Waals surface area contributed by atoms with Crippen LogP contribution in [0.25, 0.3) is 0 Å². The lowest BCUT2D eigenvalue weighted by Gasteiger charge is -2.30. The minimum atomic E-state index is -0.128. The summed E-state index contributed by atoms with van der Waals surface area (Å²) in [5, 5.41) is 2.85. The van der Waals surface area contributed by atoms with Crippen molar-refractivity contribution < 1.29 is 14.3 Å². The molecule has 0 aromatic heterocycles. The van der Waals surface area contributed by atoms with Crippen LogP contribution in [0.3, 0.4) is 0 Å². The molecule has 1 saturated carbocycles. The molecule has 5 nitrogen and oxygen atoms in total. The number of esters is 1. The number of urea groups is 1. The highest BCUT2D eigenvalue weighted by Gasteiger charge is 2.28. The molecule has 1 N–H and O–H groups in total. The fourth-order valence-corrected chi connectivity index (χ4v) is 2.50. The second-order valence-electron chi connectivity index (χ2n) is 5.63. The van der Waals surface area contributed by atoms with Crippen LogP contribution < -0.4 is 5.32 Å². The maximum absolute atomic E-state index is 12.0. The normalized spacial score (nSPS) is 20.7. The first-order chi connectivity index (χ1) is 9.61. The first kappa shape index (κ1) is 14.9. The van der Waals surface area contributed by atoms with Crippen LogP contribution in [0.1, 0.15) is 39.5 Å². The molecule has 0 spiro atoms. The molecule has 1 aliphatic carbocycles. The lowest BCUT2D eigenvalue weighted by Crippen LogP contribution is -2.44. The van der Waals surface area contributed by atoms with Crippen LogP contribution in [0, 0.1) is 11.8 Å². The Hall–Kier alpha value is -1.52. The van der Waals surface area contributed by atoms with E-state index < -0.39 is 0 Å². The number of carbonyl (C=O) groups is 2. The van der Waals surface area contributed by atoms with Gasteiger partial charge in [-0.3, -0.25) is 4.79 Å². The third-order valence-corrected chi connectivity index (χ3v) is 4.05. The maximum Gasteiger partial charge on any atom is 0.321 e. The monoisotopic (exact) mass is 280 g/mol. The SMILES string of the molecule is CCOC(=O)C1CCN(C(=O)N/C=C(\C)C2CC2)CC1. The number of rotatable bonds is 4. The average Bonchev–Trinajstić information content (AvgIpc) is 3.29. The number of ether oxygens (including phenoxy) is 1. The van der Waals surface area contributed by atoms with Gasteiger partial charge in [-0.05, 0) is 45.4 Å². The molecule has 1 saturated heterocycles. The summed E-state index contributed by atoms with van der Waals surface area (Å²) in [6.07, 6.45) is 5.69. The number of nitrogens with one attached hydrogen (secondary N) is 1. The molecule has 0 atom stereocenters. The van der Waals surface area contributed by atoms with Crippen LogP contribution in [0.2, 0.25) is 0 Å². The van der Waals surface area contributed by atoms with E-state index in [1.807, 2.05) is 13.1 Å². The van der Waals surface area contributed by atoms with E-state index in [1.54, 1.807) is 4.90 Å². The second kappa shape index (κ2) is 6.77. The summed E-state index contributed by atoms with van der Waals surface area (Å²) in [6.45, 7) is 5.53. The molecule has 5 heteroatoms. The lowest BCUT2D eigenvalue weighted by atomic mass is 9.97. The summed E-state index contributed by atoms with van der Waals surface area (Å²) in [5.74, 6) is 0.490. The van der Waals surface area contributed by atoms with Crippen LogP contribution in [0.15, 0.2) is 11.8 Å². The van der Waals surface area contributed by atoms with Gasteiger partial charge in [0.15, 0.2) is 0 Å². The zero-order valence-electron chi connectivity index (χ0n) is 12.4. The number of piperidine rings is 1. The van der Waals surface area contributed by atoms with E-state index in [0.29, 0.717) is 38.5 Å². The van der Waals surface area contributed by atoms with Crippen molar-refractivity contribution in [3.05, 3.63) is 11.8 Å². The standard InChI is InChI=1S/C15H24N2O3/c1-3-20-14(18)13-6-8-17(9-7-13)15(19)16-10-11(2)12-4-5-12/h10,12-13H,3-9H2,1-2H3,(H,16,19)/b11-10+. The van der Waals surface area contributed by atoms with E-state index in [-0.39, 0.29) is 17.9 Å². The summed E-state index contributed by atoms with van der Waals surface area (Å²) >= 11 is 0. The van der Waals surface area contributed by atoms with Crippen molar-refractivity contribution >= 4 is 12.0 Å². The number of carbonyl (C=O) groups excluding carboxylic acids is 2. The number of allylic oxidation sites excluding steroid dienone is 1. The maximum atomic E-state index is 12.0. The van der Waals surface area contributed by atoms with E-state index in [4.69, 9.17) is 4.74 Å². The minimum Gasteiger partial charge on any atom is -0.466 e. The van der Waals surface area contributed by atoms with Crippen molar-refractivity contribution in [2.45, 2.75) is 39.5 Å². The van der Waals surface area contributed by atoms with Crippen LogP contribution in [-0.2, 0) is 9.53 Å². The van der Waals surface area contributed by atoms with Crippen LogP contribution >= 0.6 is 0 Å². The van der Waals surface area contributed by atoms with Gasteiger partial charge >= 0.3 is 12.0 Å². The number of hydrogen-bond donors (Lipinski definition) is 1. The molecule has 20 heavy (non-hydrogen) atoms. The molecule has 2 fully saturated rings. The van der Waals surface area contributed by atoms with Gasteiger partial charge in [-0.1, -0.05) is 5.57 Å². The molecule has 2 aliphatic rings. The molecule has 0 aromatic carbocycles. The Morgan fingerprint density at radius 2 is 1.85 bits per heavy atom. The number of hydrogen-bond acceptors (Lipinski definition) is 3. The largest absolute Gasteiger partial charge is 0.466 e. The van der Waals surface area contributed by atoms with E-state index in [1.165, 1.54) is 18.4 Å². The fraction of sp³-hybridized carbons (Fsp3) is 0.733. The van der Waals surface area contributed by atoms with Crippen molar-refractivity contribution in [2.24, 2.45) is 11.8 Å². The number of amides is 2. The van der Waals surface area contributed by atoms with E-state index in [9.17, 15) is 9.59 Å². The highest BCUT2D eigenvalue weighted by atomic mass is 16.5. The zero-order valence-corrected chi connectivity index (χ0v) is 12.4. The van der Waals surface area contributed by atoms with E-state index in [2.05, 4.69) is 12.2 Å². The van der Waals surface area contributed by atoms with Gasteiger partial charge < -0.3 is 15.0 Å². The summed E-state index contributed by atoms with van der Waals surface area (Å²) in [6, 6.07) is -0.0627. The van der Waals surface area contributed by atoms with E-state index in [0.717, 1.165) is 0 Å². The highest BCUT2D eigenvalue weighted by Crippen LogP contribution is 2.35. The van der Waals surface area contributed by atoms with Crippen molar-refractivity contribution in [3.63, 3.8) is 0 Å². The van der Waals surface area contributed by atoms with Crippen molar-refractivity contribution in [3.8, 4) is 0 Å². The van der Waals surface area contributed by atoms with Gasteiger partial charge in [0.1, 0.15) is 0 Å². The highest BCUT2D eigenvalue weighted by molar-refractivity contribution is 5.76. The molecular formula is C15H24N2O3. The molecule has 0 radical (unpaired) electrons. The number of likely N-dealkylation sites (tertiary alicyclic amines) is 1. The third-order valence-electron chi connectivity index (χ3n) is 4.05. The van der Waals surface area contributed by atoms with Gasteiger partial charge in [0.25, 0.3) is 0 Å². The molecule has 1 heterocycles. The van der Waals surface area contributed by atoms with Gasteiger partial charge in [-0.2, -0.15) is 0 Å². The van der Waals surface area contributed by atoms with Crippen LogP contribution in [0.5, 0.6) is 0 Å². The minimum absolute atomic E-state index is 0.0530. The lowest BCUT2D eigenvalue weighted by molar-refractivity contribution is -0.149. The molecule has 2 rings (SSSR count). The molecular weight excluding hydrogens is 256 g/mol. The second-order valence-corrected chi connectivity index (χ2v) is 5.63.